The van der Waals surface area contributed by atoms with Crippen molar-refractivity contribution in [3.8, 4) is 0 Å². The zero-order valence-electron chi connectivity index (χ0n) is 5.18. The molecule has 9 heteroatoms. The zero-order valence-corrected chi connectivity index (χ0v) is 8.00. The van der Waals surface area contributed by atoms with E-state index in [0.717, 1.165) is 16.3 Å². The number of hydrogen-bond donors (Lipinski definition) is 3. The Balaban J connectivity index is -0.000000107. The summed E-state index contributed by atoms with van der Waals surface area (Å²) < 4.78 is 31.6. The summed E-state index contributed by atoms with van der Waals surface area (Å²) in [7, 11) is -4.67. The Morgan fingerprint density at radius 1 is 1.36 bits per heavy atom. The Bertz CT molecular complexity index is 179. The van der Waals surface area contributed by atoms with E-state index in [4.69, 9.17) is 22.6 Å². The Morgan fingerprint density at radius 2 is 1.45 bits per heavy atom. The minimum absolute atomic E-state index is 0. The summed E-state index contributed by atoms with van der Waals surface area (Å²) in [6.45, 7) is 0. The van der Waals surface area contributed by atoms with Gasteiger partial charge in [-0.25, -0.2) is 0 Å². The van der Waals surface area contributed by atoms with Crippen LogP contribution in [0.1, 0.15) is 0 Å². The van der Waals surface area contributed by atoms with Crippen molar-refractivity contribution >= 4 is 62.2 Å². The molecule has 0 saturated carbocycles. The van der Waals surface area contributed by atoms with Gasteiger partial charge >= 0.3 is 40.0 Å². The van der Waals surface area contributed by atoms with Crippen molar-refractivity contribution < 1.29 is 27.4 Å². The van der Waals surface area contributed by atoms with Crippen molar-refractivity contribution in [2.75, 3.05) is 0 Å². The van der Waals surface area contributed by atoms with Crippen LogP contribution in [0.3, 0.4) is 0 Å². The number of carboxylic acids is 1. The van der Waals surface area contributed by atoms with Gasteiger partial charge in [-0.3, -0.25) is 13.9 Å². The molecule has 0 aromatic carbocycles. The number of carbonyl (C=O) groups is 1. The Hall–Kier alpha value is 0.872. The molecule has 0 atom stereocenters. The van der Waals surface area contributed by atoms with E-state index >= 15 is 0 Å². The van der Waals surface area contributed by atoms with Gasteiger partial charge in [0, 0.05) is 0 Å². The molecule has 0 aliphatic rings. The van der Waals surface area contributed by atoms with Crippen LogP contribution in [0, 0.1) is 0 Å². The average molecular weight is 210 g/mol. The summed E-state index contributed by atoms with van der Waals surface area (Å²) in [6.07, 6.45) is 0. The van der Waals surface area contributed by atoms with Crippen molar-refractivity contribution in [3.05, 3.63) is 0 Å². The van der Waals surface area contributed by atoms with E-state index < -0.39 is 16.4 Å². The summed E-state index contributed by atoms with van der Waals surface area (Å²) >= 11 is 0.774. The molecule has 0 radical (unpaired) electrons. The molecule has 11 heavy (non-hydrogen) atoms. The summed E-state index contributed by atoms with van der Waals surface area (Å²) in [5.41, 5.74) is 0. The molecule has 0 aromatic heterocycles. The van der Waals surface area contributed by atoms with Gasteiger partial charge in [0.25, 0.3) is 5.97 Å². The van der Waals surface area contributed by atoms with Gasteiger partial charge in [0.2, 0.25) is 16.3 Å². The molecule has 0 aromatic rings. The van der Waals surface area contributed by atoms with Crippen LogP contribution in [-0.2, 0) is 15.2 Å². The summed E-state index contributed by atoms with van der Waals surface area (Å²) in [5.74, 6) is -0.684. The average Bonchev–Trinajstić information content (AvgIpc) is 1.61. The molecule has 0 spiro atoms. The fraction of sp³-hybridized carbons (Fsp3) is 0.500. The van der Waals surface area contributed by atoms with Gasteiger partial charge in [0.1, 0.15) is 0 Å². The fourth-order valence-electron chi connectivity index (χ4n) is 0. The predicted octanol–water partition coefficient (Wildman–Crippen LogP) is -2.18. The maximum atomic E-state index is 9.40. The van der Waals surface area contributed by atoms with Crippen molar-refractivity contribution in [1.29, 1.82) is 0 Å². The van der Waals surface area contributed by atoms with E-state index in [1.165, 1.54) is 0 Å². The van der Waals surface area contributed by atoms with Gasteiger partial charge in [-0.1, -0.05) is 0 Å². The third kappa shape index (κ3) is 104. The van der Waals surface area contributed by atoms with Crippen LogP contribution in [0.4, 0.5) is 0 Å². The summed E-state index contributed by atoms with van der Waals surface area (Å²) in [4.78, 5) is 9.40. The molecule has 0 aliphatic carbocycles. The molecule has 0 amide bonds. The quantitative estimate of drug-likeness (QED) is 0.335. The number of hydrogen-bond acceptors (Lipinski definition) is 3. The van der Waals surface area contributed by atoms with Gasteiger partial charge < -0.3 is 5.11 Å². The molecule has 0 aliphatic heterocycles. The first-order valence-electron chi connectivity index (χ1n) is 2.19. The maximum absolute atomic E-state index is 9.40. The third-order valence-corrected chi connectivity index (χ3v) is 0.907. The fourth-order valence-corrected chi connectivity index (χ4v) is 0. The molecule has 62 valence electrons. The third-order valence-electron chi connectivity index (χ3n) is 0.302. The van der Waals surface area contributed by atoms with Crippen LogP contribution in [-0.4, -0.2) is 74.4 Å². The first-order valence-corrected chi connectivity index (χ1v) is 5.00. The van der Waals surface area contributed by atoms with Crippen LogP contribution >= 0.6 is 0 Å². The Labute approximate surface area is 94.3 Å². The molecular weight excluding hydrogens is 202 g/mol. The van der Waals surface area contributed by atoms with Gasteiger partial charge in [-0.15, -0.1) is 0 Å². The van der Waals surface area contributed by atoms with E-state index in [1.54, 1.807) is 0 Å². The van der Waals surface area contributed by atoms with E-state index in [2.05, 4.69) is 0 Å². The SMILES string of the molecule is O=C(O)[CH2][AlH2].O=S(=O)(O)O.[NaH]. The molecule has 0 fully saturated rings. The summed E-state index contributed by atoms with van der Waals surface area (Å²) in [6, 6.07) is 0. The van der Waals surface area contributed by atoms with Crippen molar-refractivity contribution in [2.45, 2.75) is 5.28 Å². The van der Waals surface area contributed by atoms with Crippen LogP contribution in [0.5, 0.6) is 0 Å². The molecule has 6 nitrogen and oxygen atoms in total. The van der Waals surface area contributed by atoms with Crippen molar-refractivity contribution in [2.24, 2.45) is 0 Å². The molecule has 3 N–H and O–H groups in total. The summed E-state index contributed by atoms with van der Waals surface area (Å²) in [5, 5.41) is 8.12. The van der Waals surface area contributed by atoms with E-state index in [0.29, 0.717) is 5.28 Å². The normalized spacial score (nSPS) is 8.55. The van der Waals surface area contributed by atoms with E-state index in [1.807, 2.05) is 0 Å². The Kier molecular flexibility index (Phi) is 14.5. The van der Waals surface area contributed by atoms with E-state index in [-0.39, 0.29) is 29.6 Å². The van der Waals surface area contributed by atoms with Gasteiger partial charge in [0.15, 0.2) is 0 Å². The van der Waals surface area contributed by atoms with Gasteiger partial charge in [-0.2, -0.15) is 8.42 Å². The monoisotopic (exact) mass is 210 g/mol. The molecular formula is C2H8AlNaO6S. The molecule has 0 saturated heterocycles. The number of aliphatic carboxylic acids is 1. The molecule has 0 heterocycles. The molecule has 0 rings (SSSR count). The second kappa shape index (κ2) is 8.96. The first kappa shape index (κ1) is 17.8. The van der Waals surface area contributed by atoms with Crippen molar-refractivity contribution in [1.82, 2.24) is 0 Å². The van der Waals surface area contributed by atoms with Gasteiger partial charge in [-0.05, 0) is 5.28 Å². The number of rotatable bonds is 1. The minimum atomic E-state index is -4.67. The van der Waals surface area contributed by atoms with Crippen LogP contribution in [0.25, 0.3) is 0 Å². The second-order valence-corrected chi connectivity index (χ2v) is 2.80. The van der Waals surface area contributed by atoms with Crippen LogP contribution in [0.15, 0.2) is 0 Å². The zero-order chi connectivity index (χ0) is 8.78. The van der Waals surface area contributed by atoms with E-state index in [9.17, 15) is 4.79 Å². The number of carboxylic acid groups (broad SMARTS) is 1. The molecule has 0 bridgehead atoms. The first-order chi connectivity index (χ1) is 4.27. The van der Waals surface area contributed by atoms with Crippen molar-refractivity contribution in [3.63, 3.8) is 0 Å². The van der Waals surface area contributed by atoms with Crippen LogP contribution < -0.4 is 0 Å². The topological polar surface area (TPSA) is 112 Å². The van der Waals surface area contributed by atoms with Gasteiger partial charge in [0.05, 0.1) is 0 Å². The van der Waals surface area contributed by atoms with Crippen LogP contribution in [0.2, 0.25) is 5.28 Å². The standard InChI is InChI=1S/C2H3O2.Al.Na.H2O4S.3H/c1-2(3)4;;;1-5(2,3)4;;;/h1H2,(H,3,4);;;(H2,1,2,3,4);;;. The molecule has 0 unspecified atom stereocenters. The second-order valence-electron chi connectivity index (χ2n) is 1.20. The predicted molar refractivity (Wildman–Crippen MR) is 42.3 cm³/mol. The Morgan fingerprint density at radius 3 is 1.45 bits per heavy atom.